The lowest BCUT2D eigenvalue weighted by molar-refractivity contribution is -0.134. The van der Waals surface area contributed by atoms with Crippen LogP contribution >= 0.6 is 0 Å². The maximum atomic E-state index is 13.0. The monoisotopic (exact) mass is 433 g/mol. The van der Waals surface area contributed by atoms with E-state index in [9.17, 15) is 9.59 Å². The minimum atomic E-state index is -0.212. The van der Waals surface area contributed by atoms with Gasteiger partial charge < -0.3 is 5.32 Å². The Morgan fingerprint density at radius 2 is 1.84 bits per heavy atom. The summed E-state index contributed by atoms with van der Waals surface area (Å²) >= 11 is 0. The van der Waals surface area contributed by atoms with Gasteiger partial charge >= 0.3 is 0 Å². The van der Waals surface area contributed by atoms with Crippen molar-refractivity contribution in [1.29, 1.82) is 5.41 Å². The van der Waals surface area contributed by atoms with Crippen LogP contribution in [-0.4, -0.2) is 22.5 Å². The average Bonchev–Trinajstić information content (AvgIpc) is 2.75. The van der Waals surface area contributed by atoms with Crippen LogP contribution in [0.4, 0.5) is 0 Å². The zero-order chi connectivity index (χ0) is 23.6. The number of piperidine rings is 1. The molecule has 0 spiro atoms. The average molecular weight is 434 g/mol. The number of likely N-dealkylation sites (tertiary alicyclic amines) is 1. The summed E-state index contributed by atoms with van der Waals surface area (Å²) in [6, 6.07) is 15.4. The molecule has 0 radical (unpaired) electrons. The number of carbonyl (C=O) groups is 2. The summed E-state index contributed by atoms with van der Waals surface area (Å²) in [5.74, 6) is 0.494. The molecule has 2 aromatic carbocycles. The van der Waals surface area contributed by atoms with Gasteiger partial charge in [0.05, 0.1) is 12.6 Å². The van der Waals surface area contributed by atoms with Crippen molar-refractivity contribution in [2.24, 2.45) is 17.3 Å². The van der Waals surface area contributed by atoms with E-state index in [0.717, 1.165) is 16.7 Å². The highest BCUT2D eigenvalue weighted by Crippen LogP contribution is 2.43. The van der Waals surface area contributed by atoms with Crippen molar-refractivity contribution >= 4 is 17.6 Å². The number of hydrogen-bond donors (Lipinski definition) is 2. The van der Waals surface area contributed by atoms with Crippen LogP contribution in [0, 0.1) is 29.6 Å². The molecule has 0 aromatic heterocycles. The molecule has 2 aromatic rings. The molecule has 0 aliphatic carbocycles. The van der Waals surface area contributed by atoms with Crippen LogP contribution in [0.2, 0.25) is 0 Å². The van der Waals surface area contributed by atoms with Gasteiger partial charge in [0, 0.05) is 17.9 Å². The number of amides is 2. The quantitative estimate of drug-likeness (QED) is 0.632. The molecule has 5 nitrogen and oxygen atoms in total. The highest BCUT2D eigenvalue weighted by Gasteiger charge is 2.46. The lowest BCUT2D eigenvalue weighted by atomic mass is 9.65. The van der Waals surface area contributed by atoms with Gasteiger partial charge in [0.15, 0.2) is 0 Å². The Balaban J connectivity index is 1.78. The summed E-state index contributed by atoms with van der Waals surface area (Å²) in [4.78, 5) is 27.5. The first kappa shape index (κ1) is 23.7. The smallest absolute Gasteiger partial charge is 0.251 e. The predicted octanol–water partition coefficient (Wildman–Crippen LogP) is 5.49. The second-order valence-electron chi connectivity index (χ2n) is 9.74. The number of amidine groups is 1. The van der Waals surface area contributed by atoms with Gasteiger partial charge in [-0.1, -0.05) is 64.1 Å². The van der Waals surface area contributed by atoms with Crippen molar-refractivity contribution in [2.75, 3.05) is 0 Å². The number of nitrogens with zero attached hydrogens (tertiary/aromatic N) is 1. The molecule has 1 heterocycles. The lowest BCUT2D eigenvalue weighted by Crippen LogP contribution is -2.53. The number of carbonyl (C=O) groups excluding carboxylic acids is 2. The zero-order valence-corrected chi connectivity index (χ0v) is 20.0. The summed E-state index contributed by atoms with van der Waals surface area (Å²) in [5, 5.41) is 11.7. The molecule has 2 N–H and O–H groups in total. The zero-order valence-electron chi connectivity index (χ0n) is 20.0. The SMILES string of the molecule is Cc1cc(CN2C(=N)C(C)[C@](C)(C(C)C)CC2=O)cc(C(=O)N[C@@H](C)c2ccccc2)c1. The van der Waals surface area contributed by atoms with Gasteiger partial charge in [-0.2, -0.15) is 0 Å². The number of benzene rings is 2. The van der Waals surface area contributed by atoms with Gasteiger partial charge in [0.2, 0.25) is 5.91 Å². The number of aryl methyl sites for hydroxylation is 1. The van der Waals surface area contributed by atoms with E-state index in [0.29, 0.717) is 30.3 Å². The Bertz CT molecular complexity index is 1010. The van der Waals surface area contributed by atoms with Gasteiger partial charge in [-0.3, -0.25) is 19.9 Å². The van der Waals surface area contributed by atoms with Gasteiger partial charge in [0.1, 0.15) is 5.84 Å². The number of nitrogens with one attached hydrogen (secondary N) is 2. The van der Waals surface area contributed by atoms with Gasteiger partial charge in [0.25, 0.3) is 5.91 Å². The first-order chi connectivity index (χ1) is 15.0. The molecule has 5 heteroatoms. The van der Waals surface area contributed by atoms with E-state index in [-0.39, 0.29) is 29.2 Å². The lowest BCUT2D eigenvalue weighted by Gasteiger charge is -2.46. The Morgan fingerprint density at radius 3 is 2.47 bits per heavy atom. The van der Waals surface area contributed by atoms with Crippen molar-refractivity contribution in [3.05, 3.63) is 70.8 Å². The molecular formula is C27H35N3O2. The minimum Gasteiger partial charge on any atom is -0.346 e. The van der Waals surface area contributed by atoms with Crippen LogP contribution in [0.5, 0.6) is 0 Å². The van der Waals surface area contributed by atoms with Crippen LogP contribution in [0.15, 0.2) is 48.5 Å². The molecule has 1 unspecified atom stereocenters. The molecule has 0 saturated carbocycles. The summed E-state index contributed by atoms with van der Waals surface area (Å²) in [6.07, 6.45) is 0.433. The number of hydrogen-bond acceptors (Lipinski definition) is 3. The fourth-order valence-corrected chi connectivity index (χ4v) is 4.50. The standard InChI is InChI=1S/C27H35N3O2/c1-17(2)27(6)15-24(31)30(25(28)19(27)4)16-21-12-18(3)13-23(14-21)26(32)29-20(5)22-10-8-7-9-11-22/h7-14,17,19-20,28H,15-16H2,1-6H3,(H,29,32)/t19?,20-,27-/m0/s1. The van der Waals surface area contributed by atoms with E-state index in [1.807, 2.05) is 69.3 Å². The molecule has 170 valence electrons. The van der Waals surface area contributed by atoms with Crippen molar-refractivity contribution in [3.8, 4) is 0 Å². The molecule has 2 amide bonds. The Morgan fingerprint density at radius 1 is 1.19 bits per heavy atom. The van der Waals surface area contributed by atoms with Gasteiger partial charge in [-0.05, 0) is 54.0 Å². The van der Waals surface area contributed by atoms with Crippen LogP contribution in [0.3, 0.4) is 0 Å². The Hall–Kier alpha value is -2.95. The van der Waals surface area contributed by atoms with Crippen LogP contribution in [-0.2, 0) is 11.3 Å². The van der Waals surface area contributed by atoms with Crippen molar-refractivity contribution in [3.63, 3.8) is 0 Å². The second-order valence-corrected chi connectivity index (χ2v) is 9.74. The topological polar surface area (TPSA) is 73.3 Å². The van der Waals surface area contributed by atoms with Gasteiger partial charge in [-0.25, -0.2) is 0 Å². The van der Waals surface area contributed by atoms with E-state index in [2.05, 4.69) is 26.1 Å². The van der Waals surface area contributed by atoms with Crippen LogP contribution in [0.25, 0.3) is 0 Å². The van der Waals surface area contributed by atoms with Gasteiger partial charge in [-0.15, -0.1) is 0 Å². The first-order valence-corrected chi connectivity index (χ1v) is 11.4. The number of rotatable bonds is 6. The molecule has 1 saturated heterocycles. The van der Waals surface area contributed by atoms with E-state index >= 15 is 0 Å². The third-order valence-electron chi connectivity index (χ3n) is 7.23. The third-order valence-corrected chi connectivity index (χ3v) is 7.23. The van der Waals surface area contributed by atoms with Crippen molar-refractivity contribution in [2.45, 2.75) is 60.5 Å². The second kappa shape index (κ2) is 9.27. The van der Waals surface area contributed by atoms with Crippen LogP contribution < -0.4 is 5.32 Å². The summed E-state index contributed by atoms with van der Waals surface area (Å²) in [5.41, 5.74) is 3.22. The largest absolute Gasteiger partial charge is 0.346 e. The third kappa shape index (κ3) is 4.77. The van der Waals surface area contributed by atoms with E-state index in [1.165, 1.54) is 0 Å². The Kier molecular flexibility index (Phi) is 6.87. The normalized spacial score (nSPS) is 22.2. The summed E-state index contributed by atoms with van der Waals surface area (Å²) in [7, 11) is 0. The summed E-state index contributed by atoms with van der Waals surface area (Å²) in [6.45, 7) is 12.6. The van der Waals surface area contributed by atoms with Crippen molar-refractivity contribution in [1.82, 2.24) is 10.2 Å². The first-order valence-electron chi connectivity index (χ1n) is 11.4. The maximum Gasteiger partial charge on any atom is 0.251 e. The molecule has 3 atom stereocenters. The van der Waals surface area contributed by atoms with E-state index in [4.69, 9.17) is 5.41 Å². The maximum absolute atomic E-state index is 13.0. The highest BCUT2D eigenvalue weighted by molar-refractivity contribution is 6.01. The van der Waals surface area contributed by atoms with Crippen molar-refractivity contribution < 1.29 is 9.59 Å². The molecular weight excluding hydrogens is 398 g/mol. The molecule has 1 fully saturated rings. The Labute approximate surface area is 191 Å². The molecule has 1 aliphatic heterocycles. The molecule has 0 bridgehead atoms. The van der Waals surface area contributed by atoms with E-state index < -0.39 is 0 Å². The highest BCUT2D eigenvalue weighted by atomic mass is 16.2. The predicted molar refractivity (Wildman–Crippen MR) is 129 cm³/mol. The van der Waals surface area contributed by atoms with E-state index in [1.54, 1.807) is 4.90 Å². The summed E-state index contributed by atoms with van der Waals surface area (Å²) < 4.78 is 0. The molecule has 1 aliphatic rings. The minimum absolute atomic E-state index is 0.0144. The molecule has 3 rings (SSSR count). The van der Waals surface area contributed by atoms with Crippen LogP contribution in [0.1, 0.15) is 74.1 Å². The fraction of sp³-hybridized carbons (Fsp3) is 0.444. The molecule has 32 heavy (non-hydrogen) atoms. The fourth-order valence-electron chi connectivity index (χ4n) is 4.50.